The monoisotopic (exact) mass is 313 g/mol. The van der Waals surface area contributed by atoms with E-state index in [9.17, 15) is 9.59 Å². The zero-order chi connectivity index (χ0) is 16.6. The molecule has 2 aromatic rings. The molecule has 0 spiro atoms. The van der Waals surface area contributed by atoms with Crippen LogP contribution in [0.1, 0.15) is 58.6 Å². The third-order valence-corrected chi connectivity index (χ3v) is 4.35. The third-order valence-electron chi connectivity index (χ3n) is 4.35. The van der Waals surface area contributed by atoms with Crippen molar-refractivity contribution in [2.24, 2.45) is 0 Å². The predicted octanol–water partition coefficient (Wildman–Crippen LogP) is 3.52. The van der Waals surface area contributed by atoms with Gasteiger partial charge in [0, 0.05) is 23.1 Å². The van der Waals surface area contributed by atoms with Gasteiger partial charge in [0.1, 0.15) is 11.5 Å². The van der Waals surface area contributed by atoms with Gasteiger partial charge in [-0.05, 0) is 39.7 Å². The molecule has 5 heteroatoms. The van der Waals surface area contributed by atoms with Crippen LogP contribution in [0.15, 0.2) is 22.7 Å². The first-order chi connectivity index (χ1) is 11.0. The zero-order valence-electron chi connectivity index (χ0n) is 13.5. The van der Waals surface area contributed by atoms with Gasteiger partial charge in [0.2, 0.25) is 0 Å². The third kappa shape index (κ3) is 2.79. The van der Waals surface area contributed by atoms with Crippen LogP contribution in [0.25, 0.3) is 0 Å². The summed E-state index contributed by atoms with van der Waals surface area (Å²) in [6, 6.07) is 5.30. The summed E-state index contributed by atoms with van der Waals surface area (Å²) in [6.45, 7) is 5.36. The molecule has 3 rings (SSSR count). The highest BCUT2D eigenvalue weighted by Crippen LogP contribution is 2.31. The fourth-order valence-electron chi connectivity index (χ4n) is 3.16. The van der Waals surface area contributed by atoms with Crippen LogP contribution in [-0.2, 0) is 11.2 Å². The lowest BCUT2D eigenvalue weighted by atomic mass is 9.90. The van der Waals surface area contributed by atoms with Crippen molar-refractivity contribution in [2.45, 2.75) is 46.0 Å². The van der Waals surface area contributed by atoms with Crippen LogP contribution in [0, 0.1) is 13.8 Å². The highest BCUT2D eigenvalue weighted by atomic mass is 16.5. The molecule has 1 aromatic carbocycles. The standard InChI is InChI=1S/C18H19NO4/c1-10(17-11(2)19-23-12(17)3)18(21)22-16-9-5-6-13-14(16)7-4-8-15(13)20/h5-6,9-10H,4,7-8H2,1-3H3/t10-/m0/s1. The Morgan fingerprint density at radius 1 is 1.30 bits per heavy atom. The average molecular weight is 313 g/mol. The number of carbonyl (C=O) groups excluding carboxylic acids is 2. The van der Waals surface area contributed by atoms with E-state index in [4.69, 9.17) is 9.26 Å². The summed E-state index contributed by atoms with van der Waals surface area (Å²) in [7, 11) is 0. The molecule has 120 valence electrons. The molecule has 0 aliphatic heterocycles. The summed E-state index contributed by atoms with van der Waals surface area (Å²) in [5.41, 5.74) is 2.96. The summed E-state index contributed by atoms with van der Waals surface area (Å²) in [4.78, 5) is 24.5. The van der Waals surface area contributed by atoms with Crippen molar-refractivity contribution >= 4 is 11.8 Å². The summed E-state index contributed by atoms with van der Waals surface area (Å²) >= 11 is 0. The predicted molar refractivity (Wildman–Crippen MR) is 83.7 cm³/mol. The van der Waals surface area contributed by atoms with Crippen molar-refractivity contribution in [1.29, 1.82) is 0 Å². The molecule has 0 unspecified atom stereocenters. The summed E-state index contributed by atoms with van der Waals surface area (Å²) in [5, 5.41) is 3.88. The van der Waals surface area contributed by atoms with Gasteiger partial charge in [-0.2, -0.15) is 0 Å². The Morgan fingerprint density at radius 2 is 2.09 bits per heavy atom. The molecule has 0 saturated carbocycles. The van der Waals surface area contributed by atoms with Crippen molar-refractivity contribution < 1.29 is 18.8 Å². The number of ketones is 1. The quantitative estimate of drug-likeness (QED) is 0.640. The van der Waals surface area contributed by atoms with Crippen LogP contribution < -0.4 is 4.74 Å². The first-order valence-electron chi connectivity index (χ1n) is 7.78. The van der Waals surface area contributed by atoms with Crippen molar-refractivity contribution in [3.8, 4) is 5.75 Å². The Balaban J connectivity index is 1.87. The van der Waals surface area contributed by atoms with Crippen molar-refractivity contribution in [1.82, 2.24) is 5.16 Å². The van der Waals surface area contributed by atoms with Gasteiger partial charge in [-0.25, -0.2) is 0 Å². The number of aromatic nitrogens is 1. The Labute approximate surface area is 134 Å². The van der Waals surface area contributed by atoms with E-state index in [1.54, 1.807) is 39.0 Å². The molecule has 0 saturated heterocycles. The van der Waals surface area contributed by atoms with Crippen LogP contribution in [-0.4, -0.2) is 16.9 Å². The minimum atomic E-state index is -0.476. The summed E-state index contributed by atoms with van der Waals surface area (Å²) in [6.07, 6.45) is 2.10. The maximum absolute atomic E-state index is 12.5. The van der Waals surface area contributed by atoms with Crippen molar-refractivity contribution in [3.63, 3.8) is 0 Å². The molecule has 0 amide bonds. The molecule has 1 heterocycles. The molecule has 1 aliphatic rings. The average Bonchev–Trinajstić information content (AvgIpc) is 2.86. The van der Waals surface area contributed by atoms with E-state index < -0.39 is 5.92 Å². The maximum atomic E-state index is 12.5. The second-order valence-electron chi connectivity index (χ2n) is 5.94. The highest BCUT2D eigenvalue weighted by Gasteiger charge is 2.27. The first-order valence-corrected chi connectivity index (χ1v) is 7.78. The van der Waals surface area contributed by atoms with Gasteiger partial charge in [-0.3, -0.25) is 9.59 Å². The van der Waals surface area contributed by atoms with E-state index in [-0.39, 0.29) is 11.8 Å². The number of Topliss-reactive ketones (excluding diaryl/α,β-unsaturated/α-hetero) is 1. The molecule has 0 fully saturated rings. The van der Waals surface area contributed by atoms with E-state index in [1.807, 2.05) is 0 Å². The zero-order valence-corrected chi connectivity index (χ0v) is 13.5. The van der Waals surface area contributed by atoms with Crippen LogP contribution in [0.3, 0.4) is 0 Å². The summed E-state index contributed by atoms with van der Waals surface area (Å²) in [5.74, 6) is 0.376. The lowest BCUT2D eigenvalue weighted by Gasteiger charge is -2.19. The van der Waals surface area contributed by atoms with Gasteiger partial charge in [0.15, 0.2) is 5.78 Å². The van der Waals surface area contributed by atoms with Gasteiger partial charge in [0.05, 0.1) is 11.6 Å². The number of benzene rings is 1. The number of fused-ring (bicyclic) bond motifs is 1. The number of nitrogens with zero attached hydrogens (tertiary/aromatic N) is 1. The van der Waals surface area contributed by atoms with E-state index in [0.29, 0.717) is 29.2 Å². The Hall–Kier alpha value is -2.43. The second kappa shape index (κ2) is 5.99. The topological polar surface area (TPSA) is 69.4 Å². The largest absolute Gasteiger partial charge is 0.426 e. The minimum Gasteiger partial charge on any atom is -0.426 e. The van der Waals surface area contributed by atoms with Crippen LogP contribution in [0.4, 0.5) is 0 Å². The maximum Gasteiger partial charge on any atom is 0.318 e. The molecule has 0 N–H and O–H groups in total. The smallest absolute Gasteiger partial charge is 0.318 e. The number of hydrogen-bond donors (Lipinski definition) is 0. The molecule has 1 aromatic heterocycles. The van der Waals surface area contributed by atoms with Crippen LogP contribution in [0.5, 0.6) is 5.75 Å². The fourth-order valence-corrected chi connectivity index (χ4v) is 3.16. The molecular formula is C18H19NO4. The number of carbonyl (C=O) groups is 2. The van der Waals surface area contributed by atoms with Gasteiger partial charge >= 0.3 is 5.97 Å². The highest BCUT2D eigenvalue weighted by molar-refractivity contribution is 5.99. The number of ether oxygens (including phenoxy) is 1. The molecule has 23 heavy (non-hydrogen) atoms. The first kappa shape index (κ1) is 15.5. The number of hydrogen-bond acceptors (Lipinski definition) is 5. The molecular weight excluding hydrogens is 294 g/mol. The number of esters is 1. The van der Waals surface area contributed by atoms with E-state index in [2.05, 4.69) is 5.16 Å². The SMILES string of the molecule is Cc1noc(C)c1[C@H](C)C(=O)Oc1cccc2c1CCCC2=O. The van der Waals surface area contributed by atoms with Gasteiger partial charge in [-0.1, -0.05) is 17.3 Å². The molecule has 1 atom stereocenters. The fraction of sp³-hybridized carbons (Fsp3) is 0.389. The van der Waals surface area contributed by atoms with Gasteiger partial charge < -0.3 is 9.26 Å². The van der Waals surface area contributed by atoms with E-state index in [0.717, 1.165) is 24.0 Å². The number of aryl methyl sites for hydroxylation is 2. The minimum absolute atomic E-state index is 0.114. The lowest BCUT2D eigenvalue weighted by Crippen LogP contribution is -2.19. The lowest BCUT2D eigenvalue weighted by molar-refractivity contribution is -0.135. The Kier molecular flexibility index (Phi) is 4.03. The molecule has 0 radical (unpaired) electrons. The van der Waals surface area contributed by atoms with Gasteiger partial charge in [-0.15, -0.1) is 0 Å². The van der Waals surface area contributed by atoms with Gasteiger partial charge in [0.25, 0.3) is 0 Å². The van der Waals surface area contributed by atoms with E-state index >= 15 is 0 Å². The molecule has 1 aliphatic carbocycles. The Bertz CT molecular complexity index is 756. The summed E-state index contributed by atoms with van der Waals surface area (Å²) < 4.78 is 10.7. The second-order valence-corrected chi connectivity index (χ2v) is 5.94. The van der Waals surface area contributed by atoms with E-state index in [1.165, 1.54) is 0 Å². The van der Waals surface area contributed by atoms with Crippen molar-refractivity contribution in [3.05, 3.63) is 46.3 Å². The Morgan fingerprint density at radius 3 is 2.78 bits per heavy atom. The molecule has 5 nitrogen and oxygen atoms in total. The van der Waals surface area contributed by atoms with Crippen LogP contribution >= 0.6 is 0 Å². The normalized spacial score (nSPS) is 15.2. The van der Waals surface area contributed by atoms with Crippen LogP contribution in [0.2, 0.25) is 0 Å². The molecule has 0 bridgehead atoms. The number of rotatable bonds is 3. The van der Waals surface area contributed by atoms with Crippen molar-refractivity contribution in [2.75, 3.05) is 0 Å².